The van der Waals surface area contributed by atoms with E-state index in [1.165, 1.54) is 5.56 Å². The highest BCUT2D eigenvalue weighted by atomic mass is 79.9. The molecule has 5 heteroatoms. The van der Waals surface area contributed by atoms with Gasteiger partial charge in [0.05, 0.1) is 19.1 Å². The summed E-state index contributed by atoms with van der Waals surface area (Å²) in [4.78, 5) is 13.4. The van der Waals surface area contributed by atoms with E-state index in [-0.39, 0.29) is 6.04 Å². The summed E-state index contributed by atoms with van der Waals surface area (Å²) in [6.07, 6.45) is 0. The van der Waals surface area contributed by atoms with Gasteiger partial charge in [-0.05, 0) is 18.2 Å². The summed E-state index contributed by atoms with van der Waals surface area (Å²) in [5, 5.41) is 9.23. The normalized spacial score (nSPS) is 22.9. The minimum absolute atomic E-state index is 0.0467. The standard InChI is InChI=1S/C14H18BrNO3/c1-2-16(7-10-5-3-4-6-12(10)15)13-9-19-8-11(13)14(17)18/h3-6,11,13H,2,7-9H2,1H3,(H,17,18). The van der Waals surface area contributed by atoms with Gasteiger partial charge in [-0.15, -0.1) is 0 Å². The Labute approximate surface area is 121 Å². The minimum Gasteiger partial charge on any atom is -0.481 e. The van der Waals surface area contributed by atoms with Crippen LogP contribution in [-0.2, 0) is 16.1 Å². The maximum atomic E-state index is 11.2. The van der Waals surface area contributed by atoms with Gasteiger partial charge in [0.2, 0.25) is 0 Å². The van der Waals surface area contributed by atoms with E-state index in [4.69, 9.17) is 4.74 Å². The molecule has 2 atom stereocenters. The molecule has 4 nitrogen and oxygen atoms in total. The van der Waals surface area contributed by atoms with Crippen molar-refractivity contribution in [1.29, 1.82) is 0 Å². The topological polar surface area (TPSA) is 49.8 Å². The van der Waals surface area contributed by atoms with Crippen molar-refractivity contribution in [2.24, 2.45) is 5.92 Å². The van der Waals surface area contributed by atoms with E-state index in [1.54, 1.807) is 0 Å². The largest absolute Gasteiger partial charge is 0.481 e. The van der Waals surface area contributed by atoms with Gasteiger partial charge < -0.3 is 9.84 Å². The van der Waals surface area contributed by atoms with Crippen LogP contribution in [0.25, 0.3) is 0 Å². The lowest BCUT2D eigenvalue weighted by Crippen LogP contribution is -2.42. The maximum Gasteiger partial charge on any atom is 0.310 e. The summed E-state index contributed by atoms with van der Waals surface area (Å²) in [6.45, 7) is 4.39. The van der Waals surface area contributed by atoms with E-state index < -0.39 is 11.9 Å². The van der Waals surface area contributed by atoms with E-state index in [9.17, 15) is 9.90 Å². The van der Waals surface area contributed by atoms with Crippen LogP contribution in [0.15, 0.2) is 28.7 Å². The van der Waals surface area contributed by atoms with E-state index in [2.05, 4.69) is 26.9 Å². The lowest BCUT2D eigenvalue weighted by atomic mass is 10.0. The number of hydrogen-bond acceptors (Lipinski definition) is 3. The Bertz CT molecular complexity index is 452. The second kappa shape index (κ2) is 6.50. The highest BCUT2D eigenvalue weighted by molar-refractivity contribution is 9.10. The first-order valence-corrected chi connectivity index (χ1v) is 7.20. The Morgan fingerprint density at radius 1 is 1.47 bits per heavy atom. The fraction of sp³-hybridized carbons (Fsp3) is 0.500. The maximum absolute atomic E-state index is 11.2. The molecule has 1 aliphatic heterocycles. The van der Waals surface area contributed by atoms with Crippen molar-refractivity contribution in [3.05, 3.63) is 34.3 Å². The smallest absolute Gasteiger partial charge is 0.310 e. The van der Waals surface area contributed by atoms with Gasteiger partial charge in [0, 0.05) is 17.1 Å². The average molecular weight is 328 g/mol. The van der Waals surface area contributed by atoms with Crippen molar-refractivity contribution in [3.63, 3.8) is 0 Å². The number of carboxylic acids is 1. The van der Waals surface area contributed by atoms with Crippen LogP contribution < -0.4 is 0 Å². The molecule has 0 saturated carbocycles. The number of aliphatic carboxylic acids is 1. The van der Waals surface area contributed by atoms with Gasteiger partial charge in [-0.25, -0.2) is 0 Å². The molecule has 1 fully saturated rings. The van der Waals surface area contributed by atoms with Crippen LogP contribution in [0.5, 0.6) is 0 Å². The lowest BCUT2D eigenvalue weighted by Gasteiger charge is -2.29. The monoisotopic (exact) mass is 327 g/mol. The van der Waals surface area contributed by atoms with Crippen molar-refractivity contribution >= 4 is 21.9 Å². The summed E-state index contributed by atoms with van der Waals surface area (Å²) >= 11 is 3.53. The molecule has 0 amide bonds. The molecule has 104 valence electrons. The minimum atomic E-state index is -0.770. The predicted molar refractivity (Wildman–Crippen MR) is 76.0 cm³/mol. The van der Waals surface area contributed by atoms with Crippen LogP contribution >= 0.6 is 15.9 Å². The van der Waals surface area contributed by atoms with Gasteiger partial charge in [0.15, 0.2) is 0 Å². The first-order chi connectivity index (χ1) is 9.13. The summed E-state index contributed by atoms with van der Waals surface area (Å²) < 4.78 is 6.40. The molecule has 0 spiro atoms. The molecule has 1 aliphatic rings. The van der Waals surface area contributed by atoms with Crippen molar-refractivity contribution in [2.75, 3.05) is 19.8 Å². The van der Waals surface area contributed by atoms with Gasteiger partial charge in [-0.1, -0.05) is 41.1 Å². The van der Waals surface area contributed by atoms with Crippen molar-refractivity contribution < 1.29 is 14.6 Å². The molecular weight excluding hydrogens is 310 g/mol. The summed E-state index contributed by atoms with van der Waals surface area (Å²) in [7, 11) is 0. The molecule has 1 aromatic rings. The Balaban J connectivity index is 2.12. The second-order valence-electron chi connectivity index (χ2n) is 4.70. The molecule has 19 heavy (non-hydrogen) atoms. The van der Waals surface area contributed by atoms with Gasteiger partial charge >= 0.3 is 5.97 Å². The number of halogens is 1. The van der Waals surface area contributed by atoms with Crippen LogP contribution in [0.3, 0.4) is 0 Å². The van der Waals surface area contributed by atoms with E-state index in [0.29, 0.717) is 13.2 Å². The van der Waals surface area contributed by atoms with Crippen LogP contribution in [0.2, 0.25) is 0 Å². The molecule has 1 aromatic carbocycles. The third-order valence-corrected chi connectivity index (χ3v) is 4.35. The average Bonchev–Trinajstić information content (AvgIpc) is 2.87. The van der Waals surface area contributed by atoms with Crippen LogP contribution in [0.4, 0.5) is 0 Å². The summed E-state index contributed by atoms with van der Waals surface area (Å²) in [5.41, 5.74) is 1.17. The molecule has 0 radical (unpaired) electrons. The van der Waals surface area contributed by atoms with Gasteiger partial charge in [-0.3, -0.25) is 9.69 Å². The molecule has 1 heterocycles. The number of rotatable bonds is 5. The molecule has 1 N–H and O–H groups in total. The van der Waals surface area contributed by atoms with Crippen LogP contribution in [0.1, 0.15) is 12.5 Å². The number of likely N-dealkylation sites (N-methyl/N-ethyl adjacent to an activating group) is 1. The van der Waals surface area contributed by atoms with E-state index in [1.807, 2.05) is 25.1 Å². The number of carboxylic acid groups (broad SMARTS) is 1. The Kier molecular flexibility index (Phi) is 4.96. The highest BCUT2D eigenvalue weighted by Crippen LogP contribution is 2.24. The third-order valence-electron chi connectivity index (χ3n) is 3.57. The summed E-state index contributed by atoms with van der Waals surface area (Å²) in [6, 6.07) is 7.98. The Morgan fingerprint density at radius 2 is 2.21 bits per heavy atom. The zero-order valence-corrected chi connectivity index (χ0v) is 12.5. The van der Waals surface area contributed by atoms with Crippen molar-refractivity contribution in [2.45, 2.75) is 19.5 Å². The van der Waals surface area contributed by atoms with Crippen molar-refractivity contribution in [1.82, 2.24) is 4.90 Å². The predicted octanol–water partition coefficient (Wildman–Crippen LogP) is 2.37. The van der Waals surface area contributed by atoms with Crippen LogP contribution in [-0.4, -0.2) is 41.8 Å². The molecule has 0 aliphatic carbocycles. The number of hydrogen-bond donors (Lipinski definition) is 1. The number of carbonyl (C=O) groups is 1. The number of nitrogens with zero attached hydrogens (tertiary/aromatic N) is 1. The summed E-state index contributed by atoms with van der Waals surface area (Å²) in [5.74, 6) is -1.20. The van der Waals surface area contributed by atoms with E-state index >= 15 is 0 Å². The molecule has 0 aromatic heterocycles. The SMILES string of the molecule is CCN(Cc1ccccc1Br)C1COCC1C(=O)O. The molecule has 1 saturated heterocycles. The fourth-order valence-corrected chi connectivity index (χ4v) is 2.86. The van der Waals surface area contributed by atoms with E-state index in [0.717, 1.165) is 17.6 Å². The fourth-order valence-electron chi connectivity index (χ4n) is 2.45. The first-order valence-electron chi connectivity index (χ1n) is 6.41. The molecule has 2 unspecified atom stereocenters. The van der Waals surface area contributed by atoms with Crippen LogP contribution in [0, 0.1) is 5.92 Å². The van der Waals surface area contributed by atoms with Gasteiger partial charge in [-0.2, -0.15) is 0 Å². The van der Waals surface area contributed by atoms with Gasteiger partial charge in [0.1, 0.15) is 0 Å². The second-order valence-corrected chi connectivity index (χ2v) is 5.56. The Hall–Kier alpha value is -0.910. The third kappa shape index (κ3) is 3.35. The molecule has 2 rings (SSSR count). The highest BCUT2D eigenvalue weighted by Gasteiger charge is 2.37. The lowest BCUT2D eigenvalue weighted by molar-refractivity contribution is -0.143. The number of ether oxygens (including phenoxy) is 1. The first kappa shape index (κ1) is 14.5. The molecular formula is C14H18BrNO3. The quantitative estimate of drug-likeness (QED) is 0.902. The molecule has 0 bridgehead atoms. The Morgan fingerprint density at radius 3 is 2.84 bits per heavy atom. The number of benzene rings is 1. The van der Waals surface area contributed by atoms with Crippen molar-refractivity contribution in [3.8, 4) is 0 Å². The van der Waals surface area contributed by atoms with Gasteiger partial charge in [0.25, 0.3) is 0 Å². The zero-order chi connectivity index (χ0) is 13.8. The zero-order valence-electron chi connectivity index (χ0n) is 10.9.